The third kappa shape index (κ3) is 4.73. The minimum Gasteiger partial charge on any atom is -0.493 e. The number of nitrogens with one attached hydrogen (secondary N) is 1. The number of aromatic nitrogens is 2. The van der Waals surface area contributed by atoms with E-state index in [2.05, 4.69) is 10.4 Å². The van der Waals surface area contributed by atoms with Crippen LogP contribution in [-0.2, 0) is 6.61 Å². The lowest BCUT2D eigenvalue weighted by Crippen LogP contribution is -2.14. The molecule has 4 aromatic rings. The van der Waals surface area contributed by atoms with Crippen LogP contribution in [0.5, 0.6) is 11.5 Å². The van der Waals surface area contributed by atoms with Crippen LogP contribution in [0.25, 0.3) is 5.69 Å². The Bertz CT molecular complexity index is 1220. The molecule has 0 saturated carbocycles. The van der Waals surface area contributed by atoms with E-state index in [0.29, 0.717) is 28.1 Å². The van der Waals surface area contributed by atoms with E-state index in [1.54, 1.807) is 54.3 Å². The molecule has 0 saturated heterocycles. The molecule has 0 aliphatic carbocycles. The molecule has 31 heavy (non-hydrogen) atoms. The zero-order valence-electron chi connectivity index (χ0n) is 17.0. The molecule has 0 aliphatic rings. The minimum absolute atomic E-state index is 0.160. The summed E-state index contributed by atoms with van der Waals surface area (Å²) in [6.45, 7) is 2.00. The number of methoxy groups -OCH3 is 1. The first-order valence-electron chi connectivity index (χ1n) is 9.52. The van der Waals surface area contributed by atoms with Gasteiger partial charge in [-0.2, -0.15) is 5.10 Å². The average Bonchev–Trinajstić information content (AvgIpc) is 3.39. The zero-order chi connectivity index (χ0) is 21.8. The van der Waals surface area contributed by atoms with Gasteiger partial charge in [-0.15, -0.1) is 0 Å². The van der Waals surface area contributed by atoms with E-state index in [1.807, 2.05) is 31.2 Å². The van der Waals surface area contributed by atoms with Gasteiger partial charge in [-0.1, -0.05) is 29.8 Å². The van der Waals surface area contributed by atoms with E-state index in [-0.39, 0.29) is 12.4 Å². The third-order valence-corrected chi connectivity index (χ3v) is 4.69. The van der Waals surface area contributed by atoms with Gasteiger partial charge in [0.15, 0.2) is 17.3 Å². The summed E-state index contributed by atoms with van der Waals surface area (Å²) in [5.41, 5.74) is 1.49. The Kier molecular flexibility index (Phi) is 5.95. The molecule has 1 amide bonds. The van der Waals surface area contributed by atoms with E-state index in [4.69, 9.17) is 25.5 Å². The predicted octanol–water partition coefficient (Wildman–Crippen LogP) is 5.27. The highest BCUT2D eigenvalue weighted by molar-refractivity contribution is 6.30. The van der Waals surface area contributed by atoms with E-state index in [0.717, 1.165) is 11.4 Å². The number of anilines is 1. The molecule has 1 N–H and O–H groups in total. The predicted molar refractivity (Wildman–Crippen MR) is 117 cm³/mol. The number of benzene rings is 2. The number of ether oxygens (including phenoxy) is 2. The molecule has 0 aliphatic heterocycles. The summed E-state index contributed by atoms with van der Waals surface area (Å²) in [4.78, 5) is 12.7. The summed E-state index contributed by atoms with van der Waals surface area (Å²) in [7, 11) is 1.58. The number of rotatable bonds is 7. The summed E-state index contributed by atoms with van der Waals surface area (Å²) in [6.07, 6.45) is 0. The Morgan fingerprint density at radius 2 is 1.90 bits per heavy atom. The lowest BCUT2D eigenvalue weighted by molar-refractivity contribution is 0.0992. The number of hydrogen-bond donors (Lipinski definition) is 1. The molecular weight excluding hydrogens is 418 g/mol. The number of furan rings is 1. The lowest BCUT2D eigenvalue weighted by Gasteiger charge is -2.09. The van der Waals surface area contributed by atoms with Gasteiger partial charge in [0, 0.05) is 11.1 Å². The topological polar surface area (TPSA) is 78.5 Å². The SMILES string of the molecule is COc1ccccc1OCc1ccc(C(=O)Nc2cc(C)nn2-c2cccc(Cl)c2)o1. The van der Waals surface area contributed by atoms with Crippen molar-refractivity contribution in [3.63, 3.8) is 0 Å². The minimum atomic E-state index is -0.397. The van der Waals surface area contributed by atoms with E-state index in [9.17, 15) is 4.79 Å². The largest absolute Gasteiger partial charge is 0.493 e. The quantitative estimate of drug-likeness (QED) is 0.426. The van der Waals surface area contributed by atoms with Crippen molar-refractivity contribution in [2.24, 2.45) is 0 Å². The van der Waals surface area contributed by atoms with Crippen LogP contribution in [-0.4, -0.2) is 22.8 Å². The summed E-state index contributed by atoms with van der Waals surface area (Å²) in [6, 6.07) is 19.6. The van der Waals surface area contributed by atoms with Gasteiger partial charge in [-0.05, 0) is 49.4 Å². The maximum Gasteiger partial charge on any atom is 0.292 e. The standard InChI is InChI=1S/C23H20ClN3O4/c1-15-12-22(27(26-15)17-7-5-6-16(24)13-17)25-23(28)21-11-10-18(31-21)14-30-20-9-4-3-8-19(20)29-2/h3-13H,14H2,1-2H3,(H,25,28). The van der Waals surface area contributed by atoms with Gasteiger partial charge < -0.3 is 19.2 Å². The smallest absolute Gasteiger partial charge is 0.292 e. The van der Waals surface area contributed by atoms with Gasteiger partial charge in [0.1, 0.15) is 18.2 Å². The number of aryl methyl sites for hydroxylation is 1. The van der Waals surface area contributed by atoms with Gasteiger partial charge in [0.25, 0.3) is 5.91 Å². The fourth-order valence-electron chi connectivity index (χ4n) is 3.04. The van der Waals surface area contributed by atoms with Gasteiger partial charge >= 0.3 is 0 Å². The number of carbonyl (C=O) groups is 1. The zero-order valence-corrected chi connectivity index (χ0v) is 17.7. The first-order chi connectivity index (χ1) is 15.0. The van der Waals surface area contributed by atoms with Crippen molar-refractivity contribution >= 4 is 23.3 Å². The highest BCUT2D eigenvalue weighted by atomic mass is 35.5. The molecule has 2 heterocycles. The normalized spacial score (nSPS) is 10.7. The maximum absolute atomic E-state index is 12.7. The van der Waals surface area contributed by atoms with Crippen LogP contribution in [0.15, 0.2) is 71.1 Å². The van der Waals surface area contributed by atoms with Gasteiger partial charge in [-0.3, -0.25) is 4.79 Å². The number of halogens is 1. The van der Waals surface area contributed by atoms with Crippen LogP contribution in [0.1, 0.15) is 22.0 Å². The molecule has 2 aromatic carbocycles. The van der Waals surface area contributed by atoms with E-state index in [1.165, 1.54) is 0 Å². The Morgan fingerprint density at radius 3 is 2.68 bits per heavy atom. The number of nitrogens with zero attached hydrogens (tertiary/aromatic N) is 2. The Labute approximate surface area is 184 Å². The summed E-state index contributed by atoms with van der Waals surface area (Å²) >= 11 is 6.09. The van der Waals surface area contributed by atoms with Crippen molar-refractivity contribution in [3.8, 4) is 17.2 Å². The van der Waals surface area contributed by atoms with Gasteiger partial charge in [0.2, 0.25) is 0 Å². The Morgan fingerprint density at radius 1 is 1.10 bits per heavy atom. The fourth-order valence-corrected chi connectivity index (χ4v) is 3.22. The van der Waals surface area contributed by atoms with E-state index >= 15 is 0 Å². The van der Waals surface area contributed by atoms with Crippen LogP contribution >= 0.6 is 11.6 Å². The molecule has 0 atom stereocenters. The number of para-hydroxylation sites is 2. The van der Waals surface area contributed by atoms with Crippen molar-refractivity contribution in [3.05, 3.63) is 89.0 Å². The molecular formula is C23H20ClN3O4. The molecule has 8 heteroatoms. The van der Waals surface area contributed by atoms with Crippen LogP contribution < -0.4 is 14.8 Å². The Balaban J connectivity index is 1.46. The molecule has 0 fully saturated rings. The monoisotopic (exact) mass is 437 g/mol. The molecule has 0 radical (unpaired) electrons. The van der Waals surface area contributed by atoms with Crippen LogP contribution in [0.2, 0.25) is 5.02 Å². The number of carbonyl (C=O) groups excluding carboxylic acids is 1. The maximum atomic E-state index is 12.7. The van der Waals surface area contributed by atoms with Gasteiger partial charge in [-0.25, -0.2) is 4.68 Å². The van der Waals surface area contributed by atoms with Crippen LogP contribution in [0.3, 0.4) is 0 Å². The highest BCUT2D eigenvalue weighted by Gasteiger charge is 2.16. The molecule has 0 bridgehead atoms. The summed E-state index contributed by atoms with van der Waals surface area (Å²) in [5.74, 6) is 2.00. The molecule has 158 valence electrons. The number of hydrogen-bond acceptors (Lipinski definition) is 5. The molecule has 0 spiro atoms. The van der Waals surface area contributed by atoms with Crippen molar-refractivity contribution in [2.45, 2.75) is 13.5 Å². The average molecular weight is 438 g/mol. The van der Waals surface area contributed by atoms with Crippen LogP contribution in [0, 0.1) is 6.92 Å². The fraction of sp³-hybridized carbons (Fsp3) is 0.130. The second kappa shape index (κ2) is 8.97. The number of amides is 1. The van der Waals surface area contributed by atoms with E-state index < -0.39 is 5.91 Å². The summed E-state index contributed by atoms with van der Waals surface area (Å²) in [5, 5.41) is 7.85. The Hall–Kier alpha value is -3.71. The molecule has 2 aromatic heterocycles. The van der Waals surface area contributed by atoms with Crippen LogP contribution in [0.4, 0.5) is 5.82 Å². The second-order valence-corrected chi connectivity index (χ2v) is 7.16. The third-order valence-electron chi connectivity index (χ3n) is 4.45. The first kappa shape index (κ1) is 20.6. The van der Waals surface area contributed by atoms with Crippen molar-refractivity contribution in [1.82, 2.24) is 9.78 Å². The van der Waals surface area contributed by atoms with Crippen molar-refractivity contribution in [2.75, 3.05) is 12.4 Å². The summed E-state index contributed by atoms with van der Waals surface area (Å²) < 4.78 is 18.3. The first-order valence-corrected chi connectivity index (χ1v) is 9.90. The molecule has 7 nitrogen and oxygen atoms in total. The molecule has 0 unspecified atom stereocenters. The van der Waals surface area contributed by atoms with Crippen molar-refractivity contribution in [1.29, 1.82) is 0 Å². The molecule has 4 rings (SSSR count). The second-order valence-electron chi connectivity index (χ2n) is 6.72. The van der Waals surface area contributed by atoms with Gasteiger partial charge in [0.05, 0.1) is 18.5 Å². The lowest BCUT2D eigenvalue weighted by atomic mass is 10.3. The highest BCUT2D eigenvalue weighted by Crippen LogP contribution is 2.27. The van der Waals surface area contributed by atoms with Crippen molar-refractivity contribution < 1.29 is 18.7 Å².